The van der Waals surface area contributed by atoms with E-state index in [1.807, 2.05) is 13.8 Å². The second-order valence-electron chi connectivity index (χ2n) is 3.31. The van der Waals surface area contributed by atoms with E-state index in [2.05, 4.69) is 6.92 Å². The predicted molar refractivity (Wildman–Crippen MR) is 54.6 cm³/mol. The fraction of sp³-hybridized carbons (Fsp3) is 0.909. The molecule has 0 unspecified atom stereocenters. The lowest BCUT2D eigenvalue weighted by atomic mass is 9.83. The van der Waals surface area contributed by atoms with Crippen LogP contribution < -0.4 is 0 Å². The molecule has 1 saturated carbocycles. The summed E-state index contributed by atoms with van der Waals surface area (Å²) in [5.41, 5.74) is -0.0972. The third kappa shape index (κ3) is 3.79. The van der Waals surface area contributed by atoms with Gasteiger partial charge in [0.25, 0.3) is 6.47 Å². The fourth-order valence-corrected chi connectivity index (χ4v) is 1.85. The highest BCUT2D eigenvalue weighted by Crippen LogP contribution is 2.33. The highest BCUT2D eigenvalue weighted by atomic mass is 16.5. The van der Waals surface area contributed by atoms with Gasteiger partial charge in [-0.25, -0.2) is 0 Å². The first-order chi connectivity index (χ1) is 6.33. The Balaban J connectivity index is 0.000000671. The lowest BCUT2D eigenvalue weighted by molar-refractivity contribution is -0.147. The van der Waals surface area contributed by atoms with E-state index < -0.39 is 0 Å². The van der Waals surface area contributed by atoms with Crippen molar-refractivity contribution < 1.29 is 9.53 Å². The molecule has 1 rings (SSSR count). The Kier molecular flexibility index (Phi) is 6.65. The van der Waals surface area contributed by atoms with E-state index in [9.17, 15) is 4.79 Å². The minimum atomic E-state index is -0.0972. The van der Waals surface area contributed by atoms with Crippen LogP contribution in [0.15, 0.2) is 0 Å². The lowest BCUT2D eigenvalue weighted by Gasteiger charge is -2.34. The van der Waals surface area contributed by atoms with Crippen LogP contribution in [0.1, 0.15) is 59.3 Å². The van der Waals surface area contributed by atoms with Crippen LogP contribution in [0.4, 0.5) is 0 Å². The smallest absolute Gasteiger partial charge is 0.293 e. The SMILES string of the molecule is CC.CCC1(OC=O)CCCCC1. The first-order valence-corrected chi connectivity index (χ1v) is 5.44. The van der Waals surface area contributed by atoms with E-state index in [-0.39, 0.29) is 5.60 Å². The molecule has 0 bridgehead atoms. The normalized spacial score (nSPS) is 19.6. The highest BCUT2D eigenvalue weighted by molar-refractivity contribution is 5.38. The monoisotopic (exact) mass is 186 g/mol. The average molecular weight is 186 g/mol. The zero-order valence-electron chi connectivity index (χ0n) is 9.14. The predicted octanol–water partition coefficient (Wildman–Crippen LogP) is 3.30. The molecule has 0 aliphatic heterocycles. The van der Waals surface area contributed by atoms with Crippen molar-refractivity contribution in [3.63, 3.8) is 0 Å². The van der Waals surface area contributed by atoms with Crippen LogP contribution in [0.3, 0.4) is 0 Å². The van der Waals surface area contributed by atoms with Gasteiger partial charge in [-0.1, -0.05) is 27.2 Å². The molecule has 0 aromatic carbocycles. The lowest BCUT2D eigenvalue weighted by Crippen LogP contribution is -2.33. The third-order valence-electron chi connectivity index (χ3n) is 2.71. The Bertz CT molecular complexity index is 126. The van der Waals surface area contributed by atoms with Gasteiger partial charge in [0.05, 0.1) is 0 Å². The minimum absolute atomic E-state index is 0.0972. The molecular formula is C11H22O2. The molecular weight excluding hydrogens is 164 g/mol. The highest BCUT2D eigenvalue weighted by Gasteiger charge is 2.31. The van der Waals surface area contributed by atoms with Crippen LogP contribution in [0, 0.1) is 0 Å². The van der Waals surface area contributed by atoms with Crippen LogP contribution in [0.2, 0.25) is 0 Å². The van der Waals surface area contributed by atoms with Gasteiger partial charge in [0.2, 0.25) is 0 Å². The summed E-state index contributed by atoms with van der Waals surface area (Å²) < 4.78 is 5.14. The number of hydrogen-bond donors (Lipinski definition) is 0. The molecule has 0 atom stereocenters. The number of carbonyl (C=O) groups is 1. The van der Waals surface area contributed by atoms with Gasteiger partial charge in [0.1, 0.15) is 5.60 Å². The molecule has 1 aliphatic rings. The first kappa shape index (κ1) is 12.5. The molecule has 0 aromatic rings. The maximum absolute atomic E-state index is 10.2. The van der Waals surface area contributed by atoms with E-state index in [1.165, 1.54) is 19.3 Å². The van der Waals surface area contributed by atoms with Crippen molar-refractivity contribution in [2.75, 3.05) is 0 Å². The summed E-state index contributed by atoms with van der Waals surface area (Å²) in [7, 11) is 0. The number of carbonyl (C=O) groups excluding carboxylic acids is 1. The van der Waals surface area contributed by atoms with Crippen LogP contribution >= 0.6 is 0 Å². The second-order valence-corrected chi connectivity index (χ2v) is 3.31. The molecule has 0 N–H and O–H groups in total. The minimum Gasteiger partial charge on any atom is -0.461 e. The van der Waals surface area contributed by atoms with E-state index in [0.717, 1.165) is 19.3 Å². The standard InChI is InChI=1S/C9H16O2.C2H6/c1-2-9(11-8-10)6-4-3-5-7-9;1-2/h8H,2-7H2,1H3;1-2H3. The maximum atomic E-state index is 10.2. The molecule has 0 spiro atoms. The molecule has 0 amide bonds. The van der Waals surface area contributed by atoms with Crippen molar-refractivity contribution >= 4 is 6.47 Å². The summed E-state index contributed by atoms with van der Waals surface area (Å²) in [4.78, 5) is 10.2. The topological polar surface area (TPSA) is 26.3 Å². The summed E-state index contributed by atoms with van der Waals surface area (Å²) in [5.74, 6) is 0. The Labute approximate surface area is 81.7 Å². The van der Waals surface area contributed by atoms with Gasteiger partial charge in [0.15, 0.2) is 0 Å². The van der Waals surface area contributed by atoms with Crippen molar-refractivity contribution in [2.45, 2.75) is 64.9 Å². The van der Waals surface area contributed by atoms with Crippen LogP contribution in [0.25, 0.3) is 0 Å². The third-order valence-corrected chi connectivity index (χ3v) is 2.71. The Morgan fingerprint density at radius 2 is 1.77 bits per heavy atom. The molecule has 1 fully saturated rings. The number of ether oxygens (including phenoxy) is 1. The van der Waals surface area contributed by atoms with Crippen molar-refractivity contribution in [1.82, 2.24) is 0 Å². The van der Waals surface area contributed by atoms with E-state index in [1.54, 1.807) is 0 Å². The molecule has 2 nitrogen and oxygen atoms in total. The van der Waals surface area contributed by atoms with Crippen molar-refractivity contribution in [1.29, 1.82) is 0 Å². The number of rotatable bonds is 3. The number of hydrogen-bond acceptors (Lipinski definition) is 2. The molecule has 0 aromatic heterocycles. The Hall–Kier alpha value is -0.530. The molecule has 2 heteroatoms. The molecule has 0 radical (unpaired) electrons. The van der Waals surface area contributed by atoms with Gasteiger partial charge in [-0.15, -0.1) is 0 Å². The Morgan fingerprint density at radius 3 is 2.15 bits per heavy atom. The zero-order valence-corrected chi connectivity index (χ0v) is 9.14. The molecule has 78 valence electrons. The summed E-state index contributed by atoms with van der Waals surface area (Å²) in [6.07, 6.45) is 6.80. The summed E-state index contributed by atoms with van der Waals surface area (Å²) in [5, 5.41) is 0. The fourth-order valence-electron chi connectivity index (χ4n) is 1.85. The van der Waals surface area contributed by atoms with Gasteiger partial charge in [-0.05, 0) is 32.1 Å². The van der Waals surface area contributed by atoms with Crippen LogP contribution in [0.5, 0.6) is 0 Å². The Morgan fingerprint density at radius 1 is 1.23 bits per heavy atom. The van der Waals surface area contributed by atoms with Gasteiger partial charge in [0, 0.05) is 0 Å². The second kappa shape index (κ2) is 6.93. The molecule has 0 saturated heterocycles. The van der Waals surface area contributed by atoms with E-state index >= 15 is 0 Å². The average Bonchev–Trinajstić information content (AvgIpc) is 2.23. The molecule has 13 heavy (non-hydrogen) atoms. The van der Waals surface area contributed by atoms with Crippen molar-refractivity contribution in [3.8, 4) is 0 Å². The van der Waals surface area contributed by atoms with Gasteiger partial charge < -0.3 is 4.74 Å². The molecule has 1 aliphatic carbocycles. The molecule has 0 heterocycles. The largest absolute Gasteiger partial charge is 0.461 e. The summed E-state index contributed by atoms with van der Waals surface area (Å²) in [6, 6.07) is 0. The van der Waals surface area contributed by atoms with Crippen molar-refractivity contribution in [2.24, 2.45) is 0 Å². The van der Waals surface area contributed by atoms with E-state index in [4.69, 9.17) is 4.74 Å². The summed E-state index contributed by atoms with van der Waals surface area (Å²) in [6.45, 7) is 6.70. The van der Waals surface area contributed by atoms with Gasteiger partial charge in [-0.3, -0.25) is 4.79 Å². The van der Waals surface area contributed by atoms with Gasteiger partial charge in [-0.2, -0.15) is 0 Å². The summed E-state index contributed by atoms with van der Waals surface area (Å²) >= 11 is 0. The quantitative estimate of drug-likeness (QED) is 0.632. The van der Waals surface area contributed by atoms with Gasteiger partial charge >= 0.3 is 0 Å². The zero-order chi connectivity index (χ0) is 10.2. The first-order valence-electron chi connectivity index (χ1n) is 5.44. The van der Waals surface area contributed by atoms with Crippen molar-refractivity contribution in [3.05, 3.63) is 0 Å². The van der Waals surface area contributed by atoms with Crippen LogP contribution in [-0.2, 0) is 9.53 Å². The van der Waals surface area contributed by atoms with E-state index in [0.29, 0.717) is 6.47 Å². The maximum Gasteiger partial charge on any atom is 0.293 e. The van der Waals surface area contributed by atoms with Crippen LogP contribution in [-0.4, -0.2) is 12.1 Å².